The minimum absolute atomic E-state index is 0.630. The third-order valence-corrected chi connectivity index (χ3v) is 3.68. The van der Waals surface area contributed by atoms with Gasteiger partial charge in [0.25, 0.3) is 0 Å². The first-order chi connectivity index (χ1) is 8.26. The fourth-order valence-corrected chi connectivity index (χ4v) is 2.69. The predicted octanol–water partition coefficient (Wildman–Crippen LogP) is 2.02. The lowest BCUT2D eigenvalue weighted by atomic mass is 10.1. The van der Waals surface area contributed by atoms with Gasteiger partial charge >= 0.3 is 0 Å². The molecule has 17 heavy (non-hydrogen) atoms. The summed E-state index contributed by atoms with van der Waals surface area (Å²) in [4.78, 5) is 2.53. The first kappa shape index (κ1) is 12.2. The molecule has 0 bridgehead atoms. The van der Waals surface area contributed by atoms with Crippen molar-refractivity contribution in [2.45, 2.75) is 32.2 Å². The molecule has 1 unspecified atom stereocenters. The van der Waals surface area contributed by atoms with Gasteiger partial charge in [-0.1, -0.05) is 13.0 Å². The number of benzene rings is 1. The molecule has 1 aromatic carbocycles. The number of anilines is 2. The molecule has 3 N–H and O–H groups in total. The van der Waals surface area contributed by atoms with Crippen LogP contribution in [0.1, 0.15) is 25.3 Å². The summed E-state index contributed by atoms with van der Waals surface area (Å²) in [6.07, 6.45) is 3.54. The zero-order valence-corrected chi connectivity index (χ0v) is 10.9. The van der Waals surface area contributed by atoms with Crippen molar-refractivity contribution in [3.63, 3.8) is 0 Å². The van der Waals surface area contributed by atoms with Crippen molar-refractivity contribution in [1.82, 2.24) is 5.32 Å². The Morgan fingerprint density at radius 1 is 1.47 bits per heavy atom. The second kappa shape index (κ2) is 5.41. The average molecular weight is 233 g/mol. The second-order valence-electron chi connectivity index (χ2n) is 4.79. The molecule has 1 aliphatic heterocycles. The molecule has 1 heterocycles. The van der Waals surface area contributed by atoms with Gasteiger partial charge in [0, 0.05) is 24.0 Å². The van der Waals surface area contributed by atoms with Gasteiger partial charge in [0.2, 0.25) is 0 Å². The maximum atomic E-state index is 5.90. The van der Waals surface area contributed by atoms with E-state index in [0.29, 0.717) is 6.04 Å². The Morgan fingerprint density at radius 3 is 3.00 bits per heavy atom. The van der Waals surface area contributed by atoms with E-state index in [-0.39, 0.29) is 0 Å². The Labute approximate surface area is 104 Å². The van der Waals surface area contributed by atoms with E-state index in [0.717, 1.165) is 25.2 Å². The van der Waals surface area contributed by atoms with Crippen molar-refractivity contribution in [1.29, 1.82) is 0 Å². The van der Waals surface area contributed by atoms with E-state index in [9.17, 15) is 0 Å². The first-order valence-electron chi connectivity index (χ1n) is 6.56. The Morgan fingerprint density at radius 2 is 2.29 bits per heavy atom. The van der Waals surface area contributed by atoms with Gasteiger partial charge < -0.3 is 16.0 Å². The van der Waals surface area contributed by atoms with Crippen LogP contribution in [0.4, 0.5) is 11.4 Å². The highest BCUT2D eigenvalue weighted by atomic mass is 15.2. The Hall–Kier alpha value is -1.22. The normalized spacial score (nSPS) is 16.0. The van der Waals surface area contributed by atoms with Crippen molar-refractivity contribution < 1.29 is 0 Å². The maximum Gasteiger partial charge on any atom is 0.0422 e. The zero-order valence-electron chi connectivity index (χ0n) is 10.9. The fourth-order valence-electron chi connectivity index (χ4n) is 2.69. The summed E-state index contributed by atoms with van der Waals surface area (Å²) in [7, 11) is 2.02. The van der Waals surface area contributed by atoms with Crippen LogP contribution in [0.15, 0.2) is 18.2 Å². The van der Waals surface area contributed by atoms with Gasteiger partial charge in [-0.25, -0.2) is 0 Å². The van der Waals surface area contributed by atoms with Gasteiger partial charge in [-0.05, 0) is 50.6 Å². The summed E-state index contributed by atoms with van der Waals surface area (Å²) in [5.41, 5.74) is 9.57. The standard InChI is InChI=1S/C14H23N3/c1-3-13(6-8-16-2)17-9-7-11-4-5-12(15)10-14(11)17/h4-5,10,13,16H,3,6-9,15H2,1-2H3. The van der Waals surface area contributed by atoms with Gasteiger partial charge in [0.15, 0.2) is 0 Å². The highest BCUT2D eigenvalue weighted by Crippen LogP contribution is 2.32. The van der Waals surface area contributed by atoms with Gasteiger partial charge in [-0.15, -0.1) is 0 Å². The molecule has 0 aliphatic carbocycles. The summed E-state index contributed by atoms with van der Waals surface area (Å²) in [5.74, 6) is 0. The summed E-state index contributed by atoms with van der Waals surface area (Å²) in [6.45, 7) is 4.48. The Bertz CT molecular complexity index is 376. The molecule has 0 spiro atoms. The van der Waals surface area contributed by atoms with Crippen LogP contribution in [0.25, 0.3) is 0 Å². The van der Waals surface area contributed by atoms with Crippen LogP contribution in [0.5, 0.6) is 0 Å². The molecule has 0 radical (unpaired) electrons. The molecule has 2 rings (SSSR count). The number of nitrogens with one attached hydrogen (secondary N) is 1. The number of hydrogen-bond donors (Lipinski definition) is 2. The van der Waals surface area contributed by atoms with Crippen LogP contribution in [0.2, 0.25) is 0 Å². The van der Waals surface area contributed by atoms with E-state index in [1.165, 1.54) is 24.1 Å². The fraction of sp³-hybridized carbons (Fsp3) is 0.571. The number of nitrogens with zero attached hydrogens (tertiary/aromatic N) is 1. The highest BCUT2D eigenvalue weighted by molar-refractivity contribution is 5.64. The van der Waals surface area contributed by atoms with Gasteiger partial charge in [-0.3, -0.25) is 0 Å². The van der Waals surface area contributed by atoms with Crippen LogP contribution in [-0.4, -0.2) is 26.2 Å². The van der Waals surface area contributed by atoms with E-state index >= 15 is 0 Å². The molecule has 0 saturated heterocycles. The molecule has 3 heteroatoms. The SMILES string of the molecule is CCC(CCNC)N1CCc2ccc(N)cc21. The molecular weight excluding hydrogens is 210 g/mol. The van der Waals surface area contributed by atoms with Crippen LogP contribution in [0, 0.1) is 0 Å². The summed E-state index contributed by atoms with van der Waals surface area (Å²) < 4.78 is 0. The number of nitrogen functional groups attached to an aromatic ring is 1. The quantitative estimate of drug-likeness (QED) is 0.765. The molecule has 1 atom stereocenters. The third-order valence-electron chi connectivity index (χ3n) is 3.68. The maximum absolute atomic E-state index is 5.90. The molecule has 94 valence electrons. The summed E-state index contributed by atoms with van der Waals surface area (Å²) in [5, 5.41) is 3.24. The van der Waals surface area contributed by atoms with Crippen molar-refractivity contribution in [2.24, 2.45) is 0 Å². The van der Waals surface area contributed by atoms with Crippen molar-refractivity contribution in [3.8, 4) is 0 Å². The van der Waals surface area contributed by atoms with Crippen molar-refractivity contribution in [2.75, 3.05) is 30.8 Å². The molecular formula is C14H23N3. The minimum atomic E-state index is 0.630. The summed E-state index contributed by atoms with van der Waals surface area (Å²) >= 11 is 0. The minimum Gasteiger partial charge on any atom is -0.399 e. The second-order valence-corrected chi connectivity index (χ2v) is 4.79. The van der Waals surface area contributed by atoms with E-state index in [4.69, 9.17) is 5.73 Å². The molecule has 0 aromatic heterocycles. The molecule has 1 aromatic rings. The third kappa shape index (κ3) is 2.55. The lowest BCUT2D eigenvalue weighted by Crippen LogP contribution is -2.35. The van der Waals surface area contributed by atoms with Gasteiger partial charge in [0.1, 0.15) is 0 Å². The number of nitrogens with two attached hydrogens (primary N) is 1. The lowest BCUT2D eigenvalue weighted by molar-refractivity contribution is 0.532. The van der Waals surface area contributed by atoms with E-state index in [1.807, 2.05) is 13.1 Å². The zero-order chi connectivity index (χ0) is 12.3. The van der Waals surface area contributed by atoms with Crippen molar-refractivity contribution >= 4 is 11.4 Å². The van der Waals surface area contributed by atoms with Crippen LogP contribution < -0.4 is 16.0 Å². The van der Waals surface area contributed by atoms with Crippen LogP contribution in [0.3, 0.4) is 0 Å². The first-order valence-corrected chi connectivity index (χ1v) is 6.56. The molecule has 0 amide bonds. The Kier molecular flexibility index (Phi) is 3.89. The van der Waals surface area contributed by atoms with E-state index in [2.05, 4.69) is 29.3 Å². The molecule has 3 nitrogen and oxygen atoms in total. The lowest BCUT2D eigenvalue weighted by Gasteiger charge is -2.29. The monoisotopic (exact) mass is 233 g/mol. The Balaban J connectivity index is 2.16. The number of fused-ring (bicyclic) bond motifs is 1. The van der Waals surface area contributed by atoms with E-state index < -0.39 is 0 Å². The highest BCUT2D eigenvalue weighted by Gasteiger charge is 2.24. The molecule has 1 aliphatic rings. The summed E-state index contributed by atoms with van der Waals surface area (Å²) in [6, 6.07) is 6.95. The topological polar surface area (TPSA) is 41.3 Å². The van der Waals surface area contributed by atoms with E-state index in [1.54, 1.807) is 0 Å². The number of rotatable bonds is 5. The van der Waals surface area contributed by atoms with Gasteiger partial charge in [-0.2, -0.15) is 0 Å². The smallest absolute Gasteiger partial charge is 0.0422 e. The van der Waals surface area contributed by atoms with Crippen LogP contribution >= 0.6 is 0 Å². The largest absolute Gasteiger partial charge is 0.399 e. The molecule has 0 fully saturated rings. The van der Waals surface area contributed by atoms with Crippen molar-refractivity contribution in [3.05, 3.63) is 23.8 Å². The average Bonchev–Trinajstić information content (AvgIpc) is 2.73. The predicted molar refractivity (Wildman–Crippen MR) is 74.5 cm³/mol. The van der Waals surface area contributed by atoms with Gasteiger partial charge in [0.05, 0.1) is 0 Å². The number of hydrogen-bond acceptors (Lipinski definition) is 3. The van der Waals surface area contributed by atoms with Crippen LogP contribution in [-0.2, 0) is 6.42 Å². The molecule has 0 saturated carbocycles.